The Morgan fingerprint density at radius 3 is 2.86 bits per heavy atom. The van der Waals surface area contributed by atoms with E-state index in [-0.39, 0.29) is 0 Å². The summed E-state index contributed by atoms with van der Waals surface area (Å²) >= 11 is 0. The van der Waals surface area contributed by atoms with Gasteiger partial charge >= 0.3 is 0 Å². The summed E-state index contributed by atoms with van der Waals surface area (Å²) in [5, 5.41) is 16.5. The van der Waals surface area contributed by atoms with Crippen molar-refractivity contribution < 1.29 is 8.83 Å². The summed E-state index contributed by atoms with van der Waals surface area (Å²) in [6.45, 7) is 7.04. The third-order valence-electron chi connectivity index (χ3n) is 3.90. The fraction of sp³-hybridized carbons (Fsp3) is 0.429. The Morgan fingerprint density at radius 2 is 2.05 bits per heavy atom. The number of hydrogen-bond donors (Lipinski definition) is 0. The topological polar surface area (TPSA) is 86.0 Å². The van der Waals surface area contributed by atoms with Gasteiger partial charge < -0.3 is 13.4 Å². The van der Waals surface area contributed by atoms with E-state index in [2.05, 4.69) is 29.9 Å². The number of aromatic nitrogens is 5. The Kier molecular flexibility index (Phi) is 3.04. The molecule has 3 aromatic rings. The zero-order valence-corrected chi connectivity index (χ0v) is 12.5. The van der Waals surface area contributed by atoms with E-state index in [0.29, 0.717) is 24.1 Å². The van der Waals surface area contributed by atoms with Crippen LogP contribution < -0.4 is 0 Å². The van der Waals surface area contributed by atoms with Gasteiger partial charge in [-0.15, -0.1) is 20.4 Å². The minimum atomic E-state index is 0.425. The van der Waals surface area contributed by atoms with Crippen LogP contribution in [0.2, 0.25) is 0 Å². The van der Waals surface area contributed by atoms with Crippen LogP contribution in [0, 0.1) is 13.8 Å². The molecule has 1 aliphatic rings. The van der Waals surface area contributed by atoms with Gasteiger partial charge in [-0.05, 0) is 19.9 Å². The molecule has 22 heavy (non-hydrogen) atoms. The number of aryl methyl sites for hydroxylation is 2. The first-order valence-corrected chi connectivity index (χ1v) is 7.18. The molecule has 8 nitrogen and oxygen atoms in total. The highest BCUT2D eigenvalue weighted by molar-refractivity contribution is 5.49. The molecule has 0 bridgehead atoms. The summed E-state index contributed by atoms with van der Waals surface area (Å²) < 4.78 is 13.2. The Hall–Kier alpha value is -2.48. The van der Waals surface area contributed by atoms with Gasteiger partial charge in [0.1, 0.15) is 11.6 Å². The van der Waals surface area contributed by atoms with Gasteiger partial charge in [0.15, 0.2) is 5.76 Å². The van der Waals surface area contributed by atoms with E-state index in [4.69, 9.17) is 8.83 Å². The number of nitrogens with zero attached hydrogens (tertiary/aromatic N) is 6. The minimum Gasteiger partial charge on any atom is -0.459 e. The highest BCUT2D eigenvalue weighted by Gasteiger charge is 2.22. The SMILES string of the molecule is Cc1ccoc1-c1nnc(CN2CCn3c(C)nnc3C2)o1. The van der Waals surface area contributed by atoms with Gasteiger partial charge in [0.2, 0.25) is 5.89 Å². The van der Waals surface area contributed by atoms with Crippen LogP contribution in [0.1, 0.15) is 23.1 Å². The van der Waals surface area contributed by atoms with Crippen molar-refractivity contribution in [1.82, 2.24) is 29.9 Å². The van der Waals surface area contributed by atoms with Crippen molar-refractivity contribution in [1.29, 1.82) is 0 Å². The van der Waals surface area contributed by atoms with Crippen molar-refractivity contribution in [2.45, 2.75) is 33.5 Å². The summed E-state index contributed by atoms with van der Waals surface area (Å²) in [6.07, 6.45) is 1.62. The lowest BCUT2D eigenvalue weighted by Gasteiger charge is -2.25. The number of fused-ring (bicyclic) bond motifs is 1. The molecule has 0 radical (unpaired) electrons. The van der Waals surface area contributed by atoms with Crippen LogP contribution in [-0.2, 0) is 19.6 Å². The summed E-state index contributed by atoms with van der Waals surface area (Å²) in [6, 6.07) is 1.87. The highest BCUT2D eigenvalue weighted by atomic mass is 16.4. The molecule has 0 saturated carbocycles. The maximum atomic E-state index is 5.70. The predicted octanol–water partition coefficient (Wildman–Crippen LogP) is 1.55. The van der Waals surface area contributed by atoms with E-state index in [1.54, 1.807) is 6.26 Å². The van der Waals surface area contributed by atoms with Crippen LogP contribution in [0.4, 0.5) is 0 Å². The van der Waals surface area contributed by atoms with Crippen molar-refractivity contribution in [3.8, 4) is 11.7 Å². The molecule has 0 N–H and O–H groups in total. The van der Waals surface area contributed by atoms with Crippen LogP contribution >= 0.6 is 0 Å². The third kappa shape index (κ3) is 2.21. The van der Waals surface area contributed by atoms with Crippen molar-refractivity contribution in [2.24, 2.45) is 0 Å². The maximum Gasteiger partial charge on any atom is 0.283 e. The first-order chi connectivity index (χ1) is 10.7. The van der Waals surface area contributed by atoms with Crippen molar-refractivity contribution in [2.75, 3.05) is 6.54 Å². The van der Waals surface area contributed by atoms with E-state index in [1.807, 2.05) is 19.9 Å². The first kappa shape index (κ1) is 13.2. The van der Waals surface area contributed by atoms with Gasteiger partial charge in [-0.1, -0.05) is 0 Å². The van der Waals surface area contributed by atoms with Crippen LogP contribution in [0.15, 0.2) is 21.2 Å². The molecule has 0 atom stereocenters. The smallest absolute Gasteiger partial charge is 0.283 e. The Morgan fingerprint density at radius 1 is 1.14 bits per heavy atom. The molecule has 8 heteroatoms. The van der Waals surface area contributed by atoms with E-state index >= 15 is 0 Å². The van der Waals surface area contributed by atoms with Gasteiger partial charge in [-0.2, -0.15) is 0 Å². The summed E-state index contributed by atoms with van der Waals surface area (Å²) in [7, 11) is 0. The first-order valence-electron chi connectivity index (χ1n) is 7.18. The number of hydrogen-bond acceptors (Lipinski definition) is 7. The summed E-state index contributed by atoms with van der Waals surface area (Å²) in [5.41, 5.74) is 0.983. The second-order valence-corrected chi connectivity index (χ2v) is 5.46. The van der Waals surface area contributed by atoms with Crippen LogP contribution in [0.3, 0.4) is 0 Å². The van der Waals surface area contributed by atoms with E-state index in [9.17, 15) is 0 Å². The molecule has 1 aliphatic heterocycles. The fourth-order valence-electron chi connectivity index (χ4n) is 2.68. The largest absolute Gasteiger partial charge is 0.459 e. The quantitative estimate of drug-likeness (QED) is 0.725. The molecular formula is C14H16N6O2. The van der Waals surface area contributed by atoms with Crippen LogP contribution in [0.25, 0.3) is 11.7 Å². The van der Waals surface area contributed by atoms with Crippen molar-refractivity contribution >= 4 is 0 Å². The average Bonchev–Trinajstić information content (AvgIpc) is 3.21. The van der Waals surface area contributed by atoms with Gasteiger partial charge in [-0.3, -0.25) is 4.90 Å². The molecular weight excluding hydrogens is 284 g/mol. The molecule has 0 aliphatic carbocycles. The molecule has 3 aromatic heterocycles. The number of furan rings is 1. The fourth-order valence-corrected chi connectivity index (χ4v) is 2.68. The Bertz CT molecular complexity index is 802. The maximum absolute atomic E-state index is 5.70. The standard InChI is InChI=1S/C14H16N6O2/c1-9-3-6-21-13(9)14-18-17-12(22-14)8-19-4-5-20-10(2)15-16-11(20)7-19/h3,6H,4-5,7-8H2,1-2H3. The Labute approximate surface area is 126 Å². The van der Waals surface area contributed by atoms with Crippen LogP contribution in [-0.4, -0.2) is 36.4 Å². The molecule has 0 unspecified atom stereocenters. The van der Waals surface area contributed by atoms with E-state index in [0.717, 1.165) is 36.8 Å². The summed E-state index contributed by atoms with van der Waals surface area (Å²) in [5.74, 6) is 3.57. The molecule has 0 amide bonds. The molecule has 0 spiro atoms. The van der Waals surface area contributed by atoms with Gasteiger partial charge in [0.25, 0.3) is 5.89 Å². The Balaban J connectivity index is 1.49. The van der Waals surface area contributed by atoms with Crippen molar-refractivity contribution in [3.63, 3.8) is 0 Å². The second-order valence-electron chi connectivity index (χ2n) is 5.46. The summed E-state index contributed by atoms with van der Waals surface area (Å²) in [4.78, 5) is 2.22. The van der Waals surface area contributed by atoms with E-state index < -0.39 is 0 Å². The molecule has 0 aromatic carbocycles. The minimum absolute atomic E-state index is 0.425. The lowest BCUT2D eigenvalue weighted by molar-refractivity contribution is 0.189. The zero-order valence-electron chi connectivity index (χ0n) is 12.5. The monoisotopic (exact) mass is 300 g/mol. The zero-order chi connectivity index (χ0) is 15.1. The van der Waals surface area contributed by atoms with Gasteiger partial charge in [0, 0.05) is 18.7 Å². The van der Waals surface area contributed by atoms with E-state index in [1.165, 1.54) is 0 Å². The van der Waals surface area contributed by atoms with Gasteiger partial charge in [0.05, 0.1) is 19.4 Å². The second kappa shape index (κ2) is 5.06. The normalized spacial score (nSPS) is 15.2. The third-order valence-corrected chi connectivity index (χ3v) is 3.90. The molecule has 0 saturated heterocycles. The van der Waals surface area contributed by atoms with Gasteiger partial charge in [-0.25, -0.2) is 0 Å². The van der Waals surface area contributed by atoms with Crippen molar-refractivity contribution in [3.05, 3.63) is 35.4 Å². The molecule has 4 heterocycles. The lowest BCUT2D eigenvalue weighted by Crippen LogP contribution is -2.33. The highest BCUT2D eigenvalue weighted by Crippen LogP contribution is 2.23. The predicted molar refractivity (Wildman–Crippen MR) is 75.6 cm³/mol. The molecule has 0 fully saturated rings. The lowest BCUT2D eigenvalue weighted by atomic mass is 10.3. The molecule has 4 rings (SSSR count). The van der Waals surface area contributed by atoms with Crippen LogP contribution in [0.5, 0.6) is 0 Å². The molecule has 114 valence electrons. The average molecular weight is 300 g/mol. The number of rotatable bonds is 3.